The maximum atomic E-state index is 8.38. The van der Waals surface area contributed by atoms with Gasteiger partial charge in [-0.2, -0.15) is 5.26 Å². The van der Waals surface area contributed by atoms with Crippen molar-refractivity contribution in [1.29, 1.82) is 5.26 Å². The van der Waals surface area contributed by atoms with E-state index in [9.17, 15) is 0 Å². The molecule has 82 valence electrons. The number of nitriles is 1. The van der Waals surface area contributed by atoms with E-state index in [4.69, 9.17) is 13.5 Å². The average molecular weight is 248 g/mol. The fraction of sp³-hybridized carbons (Fsp3) is 0.875. The fourth-order valence-corrected chi connectivity index (χ4v) is 7.69. The van der Waals surface area contributed by atoms with Gasteiger partial charge < -0.3 is 8.23 Å². The highest BCUT2D eigenvalue weighted by Crippen LogP contribution is 2.11. The summed E-state index contributed by atoms with van der Waals surface area (Å²) in [6.45, 7) is 6.44. The van der Waals surface area contributed by atoms with Gasteiger partial charge in [-0.15, -0.1) is 0 Å². The van der Waals surface area contributed by atoms with Crippen molar-refractivity contribution in [3.63, 3.8) is 0 Å². The molecule has 0 radical (unpaired) electrons. The van der Waals surface area contributed by atoms with Gasteiger partial charge >= 0.3 is 8.56 Å². The Hall–Kier alpha value is 0.0606. The highest BCUT2D eigenvalue weighted by molar-refractivity contribution is 6.75. The Kier molecular flexibility index (Phi) is 7.40. The number of hydrogen-bond donors (Lipinski definition) is 0. The number of nitrogens with zero attached hydrogens (tertiary/aromatic N) is 1. The molecule has 0 fully saturated rings. The summed E-state index contributed by atoms with van der Waals surface area (Å²) in [4.78, 5) is 0. The Balaban J connectivity index is 3.56. The first-order chi connectivity index (χ1) is 6.52. The molecule has 0 aliphatic carbocycles. The number of hydrogen-bond acceptors (Lipinski definition) is 3. The minimum Gasteiger partial charge on any atom is -0.445 e. The van der Waals surface area contributed by atoms with E-state index >= 15 is 0 Å². The first kappa shape index (κ1) is 14.1. The van der Waals surface area contributed by atoms with E-state index in [1.807, 2.05) is 0 Å². The number of rotatable bonds is 7. The van der Waals surface area contributed by atoms with Crippen molar-refractivity contribution < 1.29 is 8.23 Å². The van der Waals surface area contributed by atoms with Gasteiger partial charge in [-0.25, -0.2) is 0 Å². The summed E-state index contributed by atoms with van der Waals surface area (Å²) in [6.07, 6.45) is 2.83. The van der Waals surface area contributed by atoms with Crippen molar-refractivity contribution in [2.24, 2.45) is 0 Å². The predicted molar refractivity (Wildman–Crippen MR) is 66.9 cm³/mol. The molecule has 0 aromatic carbocycles. The molecule has 0 bridgehead atoms. The van der Waals surface area contributed by atoms with Crippen LogP contribution in [0.5, 0.6) is 0 Å². The van der Waals surface area contributed by atoms with E-state index in [-0.39, 0.29) is 0 Å². The first-order valence-electron chi connectivity index (χ1n) is 5.11. The van der Waals surface area contributed by atoms with E-state index in [1.54, 1.807) is 0 Å². The smallest absolute Gasteiger partial charge is 0.310 e. The third kappa shape index (κ3) is 7.46. The molecule has 1 unspecified atom stereocenters. The van der Waals surface area contributed by atoms with Crippen molar-refractivity contribution in [2.75, 3.05) is 0 Å². The summed E-state index contributed by atoms with van der Waals surface area (Å²) in [6, 6.07) is 3.33. The van der Waals surface area contributed by atoms with Crippen LogP contribution in [0, 0.1) is 11.3 Å². The molecule has 0 saturated carbocycles. The summed E-state index contributed by atoms with van der Waals surface area (Å²) >= 11 is 0. The van der Waals surface area contributed by atoms with Gasteiger partial charge in [-0.1, -0.05) is 6.42 Å². The maximum Gasteiger partial charge on any atom is 0.310 e. The summed E-state index contributed by atoms with van der Waals surface area (Å²) in [5.74, 6) is 0. The molecule has 14 heavy (non-hydrogen) atoms. The molecule has 0 saturated heterocycles. The molecule has 3 nitrogen and oxygen atoms in total. The Morgan fingerprint density at radius 2 is 2.07 bits per heavy atom. The second-order valence-electron chi connectivity index (χ2n) is 3.94. The lowest BCUT2D eigenvalue weighted by Gasteiger charge is -2.25. The lowest BCUT2D eigenvalue weighted by molar-refractivity contribution is 0.424. The van der Waals surface area contributed by atoms with Crippen molar-refractivity contribution >= 4 is 28.1 Å². The fourth-order valence-electron chi connectivity index (χ4n) is 1.23. The number of unbranched alkanes of at least 4 members (excludes halogenated alkanes) is 2. The quantitative estimate of drug-likeness (QED) is 0.499. The molecule has 0 rings (SSSR count). The van der Waals surface area contributed by atoms with Gasteiger partial charge in [-0.05, 0) is 32.1 Å². The van der Waals surface area contributed by atoms with Gasteiger partial charge in [0.05, 0.1) is 6.07 Å². The molecular formula is C8H21NO2Si3. The van der Waals surface area contributed by atoms with Crippen LogP contribution in [-0.4, -0.2) is 28.1 Å². The summed E-state index contributed by atoms with van der Waals surface area (Å²) in [5, 5.41) is 8.38. The summed E-state index contributed by atoms with van der Waals surface area (Å²) < 4.78 is 11.4. The zero-order valence-corrected chi connectivity index (χ0v) is 13.8. The van der Waals surface area contributed by atoms with Crippen LogP contribution in [0.2, 0.25) is 25.7 Å². The standard InChI is InChI=1S/C8H21NO2Si3/c1-13(8-6-4-5-7-9)11-14(2,3)10-12/h13H,4-6,8H2,1-3,12H3. The van der Waals surface area contributed by atoms with E-state index in [0.29, 0.717) is 6.42 Å². The van der Waals surface area contributed by atoms with Crippen molar-refractivity contribution in [2.45, 2.75) is 44.9 Å². The van der Waals surface area contributed by atoms with Crippen LogP contribution in [-0.2, 0) is 8.23 Å². The second kappa shape index (κ2) is 7.37. The van der Waals surface area contributed by atoms with Gasteiger partial charge in [0.1, 0.15) is 10.5 Å². The Morgan fingerprint density at radius 3 is 2.57 bits per heavy atom. The maximum absolute atomic E-state index is 8.38. The predicted octanol–water partition coefficient (Wildman–Crippen LogP) is 1.05. The van der Waals surface area contributed by atoms with Crippen molar-refractivity contribution in [1.82, 2.24) is 0 Å². The summed E-state index contributed by atoms with van der Waals surface area (Å²) in [5.41, 5.74) is 0. The van der Waals surface area contributed by atoms with Crippen LogP contribution in [0.15, 0.2) is 0 Å². The lowest BCUT2D eigenvalue weighted by atomic mass is 10.3. The van der Waals surface area contributed by atoms with Crippen molar-refractivity contribution in [3.8, 4) is 6.07 Å². The molecule has 0 spiro atoms. The van der Waals surface area contributed by atoms with Gasteiger partial charge in [0, 0.05) is 6.42 Å². The SMILES string of the molecule is C[SiH](CCCCC#N)O[Si](C)(C)O[SiH3]. The Morgan fingerprint density at radius 1 is 1.43 bits per heavy atom. The van der Waals surface area contributed by atoms with Gasteiger partial charge in [-0.3, -0.25) is 0 Å². The highest BCUT2D eigenvalue weighted by atomic mass is 28.4. The van der Waals surface area contributed by atoms with E-state index in [0.717, 1.165) is 23.3 Å². The molecule has 0 aliphatic rings. The van der Waals surface area contributed by atoms with Crippen LogP contribution in [0.3, 0.4) is 0 Å². The Labute approximate surface area is 92.9 Å². The van der Waals surface area contributed by atoms with E-state index in [1.165, 1.54) is 6.04 Å². The van der Waals surface area contributed by atoms with Crippen LogP contribution >= 0.6 is 0 Å². The second-order valence-corrected chi connectivity index (χ2v) is 11.5. The van der Waals surface area contributed by atoms with Crippen LogP contribution in [0.1, 0.15) is 19.3 Å². The molecule has 0 amide bonds. The third-order valence-electron chi connectivity index (χ3n) is 2.13. The molecule has 0 aromatic rings. The normalized spacial score (nSPS) is 13.9. The molecule has 0 heterocycles. The Bertz CT molecular complexity index is 194. The largest absolute Gasteiger partial charge is 0.445 e. The van der Waals surface area contributed by atoms with E-state index < -0.39 is 17.6 Å². The minimum absolute atomic E-state index is 0.680. The highest BCUT2D eigenvalue weighted by Gasteiger charge is 2.24. The van der Waals surface area contributed by atoms with E-state index in [2.05, 4.69) is 25.7 Å². The van der Waals surface area contributed by atoms with Crippen LogP contribution < -0.4 is 0 Å². The molecule has 1 atom stereocenters. The average Bonchev–Trinajstić information content (AvgIpc) is 2.12. The van der Waals surface area contributed by atoms with Gasteiger partial charge in [0.2, 0.25) is 0 Å². The zero-order valence-electron chi connectivity index (χ0n) is 9.67. The molecule has 0 N–H and O–H groups in total. The molecule has 0 aromatic heterocycles. The van der Waals surface area contributed by atoms with Gasteiger partial charge in [0.25, 0.3) is 0 Å². The minimum atomic E-state index is -1.75. The van der Waals surface area contributed by atoms with Crippen molar-refractivity contribution in [3.05, 3.63) is 0 Å². The lowest BCUT2D eigenvalue weighted by Crippen LogP contribution is -2.39. The topological polar surface area (TPSA) is 42.2 Å². The van der Waals surface area contributed by atoms with Crippen LogP contribution in [0.4, 0.5) is 0 Å². The van der Waals surface area contributed by atoms with Gasteiger partial charge in [0.15, 0.2) is 9.04 Å². The molecule has 6 heteroatoms. The first-order valence-corrected chi connectivity index (χ1v) is 11.2. The molecule has 0 aliphatic heterocycles. The summed E-state index contributed by atoms with van der Waals surface area (Å²) in [7, 11) is -2.01. The third-order valence-corrected chi connectivity index (χ3v) is 11.2. The monoisotopic (exact) mass is 247 g/mol. The van der Waals surface area contributed by atoms with Crippen LogP contribution in [0.25, 0.3) is 0 Å². The molecular weight excluding hydrogens is 226 g/mol. The zero-order chi connectivity index (χ0) is 11.0.